The highest BCUT2D eigenvalue weighted by molar-refractivity contribution is 7.91. The van der Waals surface area contributed by atoms with Gasteiger partial charge in [0, 0.05) is 20.3 Å². The van der Waals surface area contributed by atoms with Crippen LogP contribution in [0.3, 0.4) is 0 Å². The molecule has 0 fully saturated rings. The van der Waals surface area contributed by atoms with Gasteiger partial charge in [-0.1, -0.05) is 0 Å². The van der Waals surface area contributed by atoms with Gasteiger partial charge in [-0.25, -0.2) is 13.1 Å². The number of nitrogens with one attached hydrogen (secondary N) is 1. The van der Waals surface area contributed by atoms with Crippen molar-refractivity contribution in [2.45, 2.75) is 10.6 Å². The molecule has 0 aliphatic rings. The van der Waals surface area contributed by atoms with E-state index in [1.165, 1.54) is 6.07 Å². The van der Waals surface area contributed by atoms with Crippen LogP contribution in [0.2, 0.25) is 0 Å². The van der Waals surface area contributed by atoms with Crippen molar-refractivity contribution in [3.63, 3.8) is 0 Å². The highest BCUT2D eigenvalue weighted by Gasteiger charge is 2.19. The average Bonchev–Trinajstić information content (AvgIpc) is 2.73. The molecule has 1 aromatic heterocycles. The first kappa shape index (κ1) is 13.1. The van der Waals surface area contributed by atoms with Crippen molar-refractivity contribution in [1.29, 1.82) is 5.26 Å². The van der Waals surface area contributed by atoms with Gasteiger partial charge >= 0.3 is 0 Å². The molecular weight excluding hydrogens is 248 g/mol. The summed E-state index contributed by atoms with van der Waals surface area (Å²) >= 11 is 1.04. The summed E-state index contributed by atoms with van der Waals surface area (Å²) in [6.07, 6.45) is 0.600. The van der Waals surface area contributed by atoms with Crippen LogP contribution in [0, 0.1) is 11.3 Å². The third kappa shape index (κ3) is 3.28. The van der Waals surface area contributed by atoms with E-state index in [0.717, 1.165) is 11.3 Å². The number of ether oxygens (including phenoxy) is 1. The number of nitriles is 1. The minimum Gasteiger partial charge on any atom is -0.385 e. The molecule has 5 nitrogen and oxygen atoms in total. The Morgan fingerprint density at radius 1 is 1.62 bits per heavy atom. The number of hydrogen-bond acceptors (Lipinski definition) is 5. The second kappa shape index (κ2) is 5.96. The summed E-state index contributed by atoms with van der Waals surface area (Å²) in [5.74, 6) is 0. The molecule has 0 aliphatic heterocycles. The van der Waals surface area contributed by atoms with E-state index in [2.05, 4.69) is 4.72 Å². The third-order valence-electron chi connectivity index (χ3n) is 1.81. The Bertz CT molecular complexity index is 473. The molecule has 0 spiro atoms. The molecule has 0 aromatic carbocycles. The highest BCUT2D eigenvalue weighted by atomic mass is 32.2. The molecule has 1 rings (SSSR count). The Hall–Kier alpha value is -0.940. The van der Waals surface area contributed by atoms with Gasteiger partial charge in [0.25, 0.3) is 10.0 Å². The van der Waals surface area contributed by atoms with E-state index in [4.69, 9.17) is 10.00 Å². The van der Waals surface area contributed by atoms with Crippen LogP contribution < -0.4 is 4.72 Å². The summed E-state index contributed by atoms with van der Waals surface area (Å²) in [7, 11) is -1.99. The summed E-state index contributed by atoms with van der Waals surface area (Å²) in [6.45, 7) is 0.803. The molecule has 0 aliphatic carbocycles. The Kier molecular flexibility index (Phi) is 4.89. The fraction of sp³-hybridized carbons (Fsp3) is 0.444. The van der Waals surface area contributed by atoms with E-state index < -0.39 is 10.0 Å². The first-order chi connectivity index (χ1) is 7.61. The van der Waals surface area contributed by atoms with Crippen LogP contribution in [0.1, 0.15) is 12.0 Å². The van der Waals surface area contributed by atoms with Crippen molar-refractivity contribution in [3.05, 3.63) is 17.0 Å². The van der Waals surface area contributed by atoms with E-state index >= 15 is 0 Å². The molecule has 0 radical (unpaired) electrons. The van der Waals surface area contributed by atoms with Gasteiger partial charge in [0.2, 0.25) is 0 Å². The molecule has 0 unspecified atom stereocenters. The van der Waals surface area contributed by atoms with Crippen LogP contribution in [0.25, 0.3) is 0 Å². The Balaban J connectivity index is 2.68. The summed E-state index contributed by atoms with van der Waals surface area (Å²) in [5.41, 5.74) is 0.184. The van der Waals surface area contributed by atoms with Crippen LogP contribution >= 0.6 is 11.3 Å². The zero-order valence-electron chi connectivity index (χ0n) is 8.76. The Labute approximate surface area is 98.7 Å². The Morgan fingerprint density at radius 2 is 2.38 bits per heavy atom. The van der Waals surface area contributed by atoms with Crippen LogP contribution in [0.15, 0.2) is 15.7 Å². The van der Waals surface area contributed by atoms with Crippen molar-refractivity contribution in [3.8, 4) is 6.07 Å². The smallest absolute Gasteiger partial charge is 0.251 e. The number of sulfonamides is 1. The maximum atomic E-state index is 11.7. The zero-order valence-corrected chi connectivity index (χ0v) is 10.4. The lowest BCUT2D eigenvalue weighted by Gasteiger charge is -2.04. The van der Waals surface area contributed by atoms with Crippen LogP contribution in [-0.4, -0.2) is 28.7 Å². The molecule has 88 valence electrons. The molecule has 0 saturated heterocycles. The van der Waals surface area contributed by atoms with Gasteiger partial charge in [-0.3, -0.25) is 0 Å². The topological polar surface area (TPSA) is 79.2 Å². The fourth-order valence-electron chi connectivity index (χ4n) is 1.07. The van der Waals surface area contributed by atoms with Gasteiger partial charge < -0.3 is 4.74 Å². The lowest BCUT2D eigenvalue weighted by molar-refractivity contribution is 0.196. The summed E-state index contributed by atoms with van der Waals surface area (Å²) < 4.78 is 30.8. The average molecular weight is 260 g/mol. The van der Waals surface area contributed by atoms with Gasteiger partial charge in [0.1, 0.15) is 6.07 Å². The predicted molar refractivity (Wildman–Crippen MR) is 60.7 cm³/mol. The molecule has 0 amide bonds. The van der Waals surface area contributed by atoms with Crippen LogP contribution in [-0.2, 0) is 14.8 Å². The quantitative estimate of drug-likeness (QED) is 0.772. The minimum atomic E-state index is -3.55. The number of methoxy groups -OCH3 is 1. The van der Waals surface area contributed by atoms with Crippen molar-refractivity contribution >= 4 is 21.4 Å². The van der Waals surface area contributed by atoms with Crippen molar-refractivity contribution < 1.29 is 13.2 Å². The summed E-state index contributed by atoms with van der Waals surface area (Å²) in [5, 5.41) is 10.3. The number of thiophene rings is 1. The van der Waals surface area contributed by atoms with Crippen molar-refractivity contribution in [2.24, 2.45) is 0 Å². The van der Waals surface area contributed by atoms with E-state index in [9.17, 15) is 8.42 Å². The third-order valence-corrected chi connectivity index (χ3v) is 4.76. The maximum Gasteiger partial charge on any atom is 0.251 e. The van der Waals surface area contributed by atoms with E-state index in [-0.39, 0.29) is 9.77 Å². The van der Waals surface area contributed by atoms with Crippen molar-refractivity contribution in [2.75, 3.05) is 20.3 Å². The molecule has 0 atom stereocenters. The van der Waals surface area contributed by atoms with E-state index in [1.807, 2.05) is 6.07 Å². The van der Waals surface area contributed by atoms with Crippen LogP contribution in [0.4, 0.5) is 0 Å². The number of rotatable bonds is 6. The standard InChI is InChI=1S/C9H12N2O3S2/c1-14-5-2-4-11-16(12,13)9-8(7-10)3-6-15-9/h3,6,11H,2,4-5H2,1H3. The highest BCUT2D eigenvalue weighted by Crippen LogP contribution is 2.21. The molecule has 0 bridgehead atoms. The lowest BCUT2D eigenvalue weighted by atomic mass is 10.4. The van der Waals surface area contributed by atoms with Crippen LogP contribution in [0.5, 0.6) is 0 Å². The van der Waals surface area contributed by atoms with E-state index in [0.29, 0.717) is 19.6 Å². The normalized spacial score (nSPS) is 11.2. The SMILES string of the molecule is COCCCNS(=O)(=O)c1sccc1C#N. The lowest BCUT2D eigenvalue weighted by Crippen LogP contribution is -2.25. The zero-order chi connectivity index (χ0) is 12.0. The molecule has 1 N–H and O–H groups in total. The second-order valence-corrected chi connectivity index (χ2v) is 5.86. The van der Waals surface area contributed by atoms with Crippen molar-refractivity contribution in [1.82, 2.24) is 4.72 Å². The maximum absolute atomic E-state index is 11.7. The van der Waals surface area contributed by atoms with Gasteiger partial charge in [-0.2, -0.15) is 5.26 Å². The first-order valence-corrected chi connectivity index (χ1v) is 6.94. The molecular formula is C9H12N2O3S2. The van der Waals surface area contributed by atoms with E-state index in [1.54, 1.807) is 12.5 Å². The number of nitrogens with zero attached hydrogens (tertiary/aromatic N) is 1. The molecule has 1 heterocycles. The predicted octanol–water partition coefficient (Wildman–Crippen LogP) is 0.935. The second-order valence-electron chi connectivity index (χ2n) is 2.98. The fourth-order valence-corrected chi connectivity index (χ4v) is 3.44. The minimum absolute atomic E-state index is 0.0763. The number of hydrogen-bond donors (Lipinski definition) is 1. The molecule has 1 aromatic rings. The molecule has 7 heteroatoms. The largest absolute Gasteiger partial charge is 0.385 e. The first-order valence-electron chi connectivity index (χ1n) is 4.58. The van der Waals surface area contributed by atoms with Gasteiger partial charge in [0.15, 0.2) is 4.21 Å². The van der Waals surface area contributed by atoms with Gasteiger partial charge in [-0.15, -0.1) is 11.3 Å². The summed E-state index contributed by atoms with van der Waals surface area (Å²) in [6, 6.07) is 3.34. The molecule has 0 saturated carbocycles. The monoisotopic (exact) mass is 260 g/mol. The molecule has 16 heavy (non-hydrogen) atoms. The summed E-state index contributed by atoms with van der Waals surface area (Å²) in [4.78, 5) is 0. The van der Waals surface area contributed by atoms with Gasteiger partial charge in [-0.05, 0) is 17.9 Å². The Morgan fingerprint density at radius 3 is 3.00 bits per heavy atom. The van der Waals surface area contributed by atoms with Gasteiger partial charge in [0.05, 0.1) is 5.56 Å².